The standard InChI is InChI=1S/C27H36N4O2/c1-8-9-16-30(26(33)29-27(5,6)7)20(4)24-28-22-13-11-10-12-21(22)25(32)31(24)23-15-14-18(2)17-19(23)3/h10-15,17,20H,8-9,16H2,1-7H3,(H,29,33). The van der Waals surface area contributed by atoms with Gasteiger partial charge in [0, 0.05) is 12.1 Å². The molecule has 33 heavy (non-hydrogen) atoms. The first-order chi connectivity index (χ1) is 15.5. The molecule has 3 rings (SSSR count). The van der Waals surface area contributed by atoms with Crippen molar-refractivity contribution < 1.29 is 4.79 Å². The lowest BCUT2D eigenvalue weighted by Crippen LogP contribution is -2.50. The molecule has 0 fully saturated rings. The first-order valence-corrected chi connectivity index (χ1v) is 11.7. The van der Waals surface area contributed by atoms with Crippen molar-refractivity contribution in [2.24, 2.45) is 0 Å². The highest BCUT2D eigenvalue weighted by molar-refractivity contribution is 5.78. The average Bonchev–Trinajstić information content (AvgIpc) is 2.73. The molecule has 0 aliphatic heterocycles. The summed E-state index contributed by atoms with van der Waals surface area (Å²) < 4.78 is 1.69. The fourth-order valence-electron chi connectivity index (χ4n) is 4.05. The number of carbonyl (C=O) groups is 1. The van der Waals surface area contributed by atoms with Gasteiger partial charge in [-0.2, -0.15) is 0 Å². The highest BCUT2D eigenvalue weighted by Crippen LogP contribution is 2.25. The second-order valence-electron chi connectivity index (χ2n) is 9.82. The molecule has 1 aromatic heterocycles. The fraction of sp³-hybridized carbons (Fsp3) is 0.444. The Bertz CT molecular complexity index is 1210. The summed E-state index contributed by atoms with van der Waals surface area (Å²) in [4.78, 5) is 33.7. The second kappa shape index (κ2) is 9.77. The Morgan fingerprint density at radius 3 is 2.48 bits per heavy atom. The van der Waals surface area contributed by atoms with Gasteiger partial charge in [0.05, 0.1) is 22.6 Å². The fourth-order valence-corrected chi connectivity index (χ4v) is 4.05. The molecule has 0 bridgehead atoms. The van der Waals surface area contributed by atoms with Crippen molar-refractivity contribution in [3.05, 3.63) is 69.8 Å². The molecular weight excluding hydrogens is 412 g/mol. The van der Waals surface area contributed by atoms with Gasteiger partial charge < -0.3 is 10.2 Å². The van der Waals surface area contributed by atoms with Crippen LogP contribution in [-0.4, -0.2) is 32.6 Å². The van der Waals surface area contributed by atoms with Gasteiger partial charge >= 0.3 is 6.03 Å². The number of para-hydroxylation sites is 1. The van der Waals surface area contributed by atoms with Crippen LogP contribution >= 0.6 is 0 Å². The molecule has 1 atom stereocenters. The number of benzene rings is 2. The third kappa shape index (κ3) is 5.44. The number of rotatable bonds is 6. The van der Waals surface area contributed by atoms with E-state index in [4.69, 9.17) is 4.98 Å². The van der Waals surface area contributed by atoms with E-state index in [-0.39, 0.29) is 17.1 Å². The van der Waals surface area contributed by atoms with Gasteiger partial charge in [0.1, 0.15) is 5.82 Å². The molecule has 0 aliphatic carbocycles. The molecule has 1 N–H and O–H groups in total. The van der Waals surface area contributed by atoms with E-state index in [0.29, 0.717) is 23.3 Å². The quantitative estimate of drug-likeness (QED) is 0.528. The zero-order valence-corrected chi connectivity index (χ0v) is 20.9. The molecule has 0 spiro atoms. The van der Waals surface area contributed by atoms with Crippen molar-refractivity contribution in [3.63, 3.8) is 0 Å². The zero-order chi connectivity index (χ0) is 24.3. The Kier molecular flexibility index (Phi) is 7.25. The molecule has 2 aromatic carbocycles. The van der Waals surface area contributed by atoms with Crippen LogP contribution < -0.4 is 10.9 Å². The van der Waals surface area contributed by atoms with Crippen LogP contribution in [0.3, 0.4) is 0 Å². The Morgan fingerprint density at radius 1 is 1.15 bits per heavy atom. The molecule has 0 radical (unpaired) electrons. The van der Waals surface area contributed by atoms with E-state index in [1.165, 1.54) is 0 Å². The van der Waals surface area contributed by atoms with E-state index in [9.17, 15) is 9.59 Å². The predicted octanol–water partition coefficient (Wildman–Crippen LogP) is 5.67. The number of nitrogens with one attached hydrogen (secondary N) is 1. The van der Waals surface area contributed by atoms with Gasteiger partial charge in [0.25, 0.3) is 5.56 Å². The number of aromatic nitrogens is 2. The molecule has 6 nitrogen and oxygen atoms in total. The highest BCUT2D eigenvalue weighted by Gasteiger charge is 2.28. The summed E-state index contributed by atoms with van der Waals surface area (Å²) in [7, 11) is 0. The normalized spacial score (nSPS) is 12.6. The van der Waals surface area contributed by atoms with E-state index in [1.807, 2.05) is 71.9 Å². The third-order valence-corrected chi connectivity index (χ3v) is 5.73. The van der Waals surface area contributed by atoms with Crippen LogP contribution in [0, 0.1) is 13.8 Å². The largest absolute Gasteiger partial charge is 0.333 e. The smallest absolute Gasteiger partial charge is 0.318 e. The third-order valence-electron chi connectivity index (χ3n) is 5.73. The molecule has 0 saturated carbocycles. The molecular formula is C27H36N4O2. The molecule has 2 amide bonds. The molecule has 6 heteroatoms. The maximum atomic E-state index is 13.7. The van der Waals surface area contributed by atoms with Gasteiger partial charge in [-0.15, -0.1) is 0 Å². The summed E-state index contributed by atoms with van der Waals surface area (Å²) in [5.41, 5.74) is 3.05. The maximum Gasteiger partial charge on any atom is 0.318 e. The highest BCUT2D eigenvalue weighted by atomic mass is 16.2. The lowest BCUT2D eigenvalue weighted by Gasteiger charge is -2.33. The van der Waals surface area contributed by atoms with E-state index in [0.717, 1.165) is 29.7 Å². The van der Waals surface area contributed by atoms with E-state index >= 15 is 0 Å². The van der Waals surface area contributed by atoms with E-state index in [2.05, 4.69) is 18.3 Å². The Hall–Kier alpha value is -3.15. The summed E-state index contributed by atoms with van der Waals surface area (Å²) >= 11 is 0. The topological polar surface area (TPSA) is 67.2 Å². The monoisotopic (exact) mass is 448 g/mol. The van der Waals surface area contributed by atoms with Crippen molar-refractivity contribution in [2.75, 3.05) is 6.54 Å². The van der Waals surface area contributed by atoms with Gasteiger partial charge in [0.2, 0.25) is 0 Å². The van der Waals surface area contributed by atoms with Gasteiger partial charge in [-0.05, 0) is 71.7 Å². The number of nitrogens with zero attached hydrogens (tertiary/aromatic N) is 3. The van der Waals surface area contributed by atoms with Crippen LogP contribution in [-0.2, 0) is 0 Å². The minimum absolute atomic E-state index is 0.124. The Balaban J connectivity index is 2.24. The molecule has 3 aromatic rings. The van der Waals surface area contributed by atoms with E-state index < -0.39 is 6.04 Å². The number of unbranched alkanes of at least 4 members (excludes halogenated alkanes) is 1. The maximum absolute atomic E-state index is 13.7. The van der Waals surface area contributed by atoms with Crippen molar-refractivity contribution in [1.29, 1.82) is 0 Å². The number of hydrogen-bond acceptors (Lipinski definition) is 3. The van der Waals surface area contributed by atoms with Gasteiger partial charge in [-0.25, -0.2) is 9.78 Å². The SMILES string of the molecule is CCCCN(C(=O)NC(C)(C)C)C(C)c1nc2ccccc2c(=O)n1-c1ccc(C)cc1C. The number of carbonyl (C=O) groups excluding carboxylic acids is 1. The molecule has 1 heterocycles. The van der Waals surface area contributed by atoms with Crippen LogP contribution in [0.1, 0.15) is 70.5 Å². The first-order valence-electron chi connectivity index (χ1n) is 11.7. The van der Waals surface area contributed by atoms with Crippen molar-refractivity contribution in [1.82, 2.24) is 19.8 Å². The zero-order valence-electron chi connectivity index (χ0n) is 20.9. The summed E-state index contributed by atoms with van der Waals surface area (Å²) in [6, 6.07) is 12.9. The summed E-state index contributed by atoms with van der Waals surface area (Å²) in [5.74, 6) is 0.561. The summed E-state index contributed by atoms with van der Waals surface area (Å²) in [5, 5.41) is 3.64. The molecule has 176 valence electrons. The average molecular weight is 449 g/mol. The summed E-state index contributed by atoms with van der Waals surface area (Å²) in [6.45, 7) is 14.6. The lowest BCUT2D eigenvalue weighted by atomic mass is 10.1. The number of urea groups is 1. The Morgan fingerprint density at radius 2 is 1.85 bits per heavy atom. The lowest BCUT2D eigenvalue weighted by molar-refractivity contribution is 0.166. The van der Waals surface area contributed by atoms with Crippen LogP contribution in [0.25, 0.3) is 16.6 Å². The number of fused-ring (bicyclic) bond motifs is 1. The van der Waals surface area contributed by atoms with Crippen molar-refractivity contribution in [2.45, 2.75) is 72.9 Å². The van der Waals surface area contributed by atoms with Crippen LogP contribution in [0.5, 0.6) is 0 Å². The Labute approximate surface area is 196 Å². The van der Waals surface area contributed by atoms with E-state index in [1.54, 1.807) is 15.5 Å². The minimum Gasteiger partial charge on any atom is -0.333 e. The van der Waals surface area contributed by atoms with Gasteiger partial charge in [-0.3, -0.25) is 9.36 Å². The van der Waals surface area contributed by atoms with Gasteiger partial charge in [0.15, 0.2) is 0 Å². The van der Waals surface area contributed by atoms with Crippen LogP contribution in [0.15, 0.2) is 47.3 Å². The van der Waals surface area contributed by atoms with Crippen LogP contribution in [0.2, 0.25) is 0 Å². The van der Waals surface area contributed by atoms with Crippen molar-refractivity contribution >= 4 is 16.9 Å². The molecule has 0 saturated heterocycles. The predicted molar refractivity (Wildman–Crippen MR) is 135 cm³/mol. The number of hydrogen-bond donors (Lipinski definition) is 1. The van der Waals surface area contributed by atoms with Crippen molar-refractivity contribution in [3.8, 4) is 5.69 Å². The van der Waals surface area contributed by atoms with Gasteiger partial charge in [-0.1, -0.05) is 43.2 Å². The first kappa shape index (κ1) is 24.5. The number of aryl methyl sites for hydroxylation is 2. The van der Waals surface area contributed by atoms with Crippen LogP contribution in [0.4, 0.5) is 4.79 Å². The molecule has 1 unspecified atom stereocenters. The number of amides is 2. The molecule has 0 aliphatic rings. The second-order valence-corrected chi connectivity index (χ2v) is 9.82. The minimum atomic E-state index is -0.406. The summed E-state index contributed by atoms with van der Waals surface area (Å²) in [6.07, 6.45) is 1.82.